The molecule has 2 N–H and O–H groups in total. The van der Waals surface area contributed by atoms with Crippen molar-refractivity contribution in [2.45, 2.75) is 52.6 Å². The Labute approximate surface area is 77.1 Å². The third-order valence-electron chi connectivity index (χ3n) is 1.94. The van der Waals surface area contributed by atoms with E-state index in [1.165, 1.54) is 25.7 Å². The van der Waals surface area contributed by atoms with Crippen molar-refractivity contribution in [3.63, 3.8) is 0 Å². The van der Waals surface area contributed by atoms with Gasteiger partial charge >= 0.3 is 0 Å². The zero-order chi connectivity index (χ0) is 9.23. The molecule has 0 radical (unpaired) electrons. The monoisotopic (exact) mass is 172 g/mol. The molecule has 0 spiro atoms. The van der Waals surface area contributed by atoms with Crippen LogP contribution in [0.1, 0.15) is 46.5 Å². The lowest BCUT2D eigenvalue weighted by atomic mass is 10.2. The van der Waals surface area contributed by atoms with Gasteiger partial charge in [-0.05, 0) is 25.9 Å². The second kappa shape index (κ2) is 9.01. The van der Waals surface area contributed by atoms with E-state index in [0.29, 0.717) is 6.17 Å². The van der Waals surface area contributed by atoms with Gasteiger partial charge in [-0.3, -0.25) is 0 Å². The summed E-state index contributed by atoms with van der Waals surface area (Å²) in [6, 6.07) is 0. The zero-order valence-electron chi connectivity index (χ0n) is 8.82. The molecule has 74 valence electrons. The molecule has 0 aliphatic carbocycles. The van der Waals surface area contributed by atoms with E-state index in [0.717, 1.165) is 13.1 Å². The lowest BCUT2D eigenvalue weighted by molar-refractivity contribution is 0.399. The maximum Gasteiger partial charge on any atom is 0.0571 e. The topological polar surface area (TPSA) is 24.1 Å². The summed E-state index contributed by atoms with van der Waals surface area (Å²) < 4.78 is 0. The van der Waals surface area contributed by atoms with E-state index in [-0.39, 0.29) is 0 Å². The Morgan fingerprint density at radius 1 is 1.00 bits per heavy atom. The van der Waals surface area contributed by atoms with Gasteiger partial charge in [0.1, 0.15) is 0 Å². The molecular formula is C10H24N2. The first-order valence-electron chi connectivity index (χ1n) is 5.31. The van der Waals surface area contributed by atoms with Crippen molar-refractivity contribution in [3.05, 3.63) is 0 Å². The van der Waals surface area contributed by atoms with Crippen LogP contribution < -0.4 is 10.6 Å². The Morgan fingerprint density at radius 3 is 2.25 bits per heavy atom. The van der Waals surface area contributed by atoms with Crippen LogP contribution in [0, 0.1) is 0 Å². The summed E-state index contributed by atoms with van der Waals surface area (Å²) in [6.45, 7) is 8.79. The van der Waals surface area contributed by atoms with Gasteiger partial charge in [-0.2, -0.15) is 0 Å². The van der Waals surface area contributed by atoms with E-state index in [1.807, 2.05) is 0 Å². The van der Waals surface area contributed by atoms with E-state index >= 15 is 0 Å². The van der Waals surface area contributed by atoms with E-state index in [4.69, 9.17) is 0 Å². The molecule has 0 saturated carbocycles. The summed E-state index contributed by atoms with van der Waals surface area (Å²) in [5.74, 6) is 0. The molecule has 0 amide bonds. The molecule has 2 heteroatoms. The Bertz CT molecular complexity index is 75.9. The lowest BCUT2D eigenvalue weighted by Crippen LogP contribution is -2.42. The third-order valence-corrected chi connectivity index (χ3v) is 1.94. The standard InChI is InChI=1S/C10H24N2/c1-4-7-8-10(11-6-3)12-9-5-2/h10-12H,4-9H2,1-3H3. The predicted octanol–water partition coefficient (Wildman–Crippen LogP) is 2.11. The largest absolute Gasteiger partial charge is 0.302 e. The molecule has 0 saturated heterocycles. The summed E-state index contributed by atoms with van der Waals surface area (Å²) in [6.07, 6.45) is 5.61. The maximum absolute atomic E-state index is 3.49. The van der Waals surface area contributed by atoms with Gasteiger partial charge in [0, 0.05) is 0 Å². The number of hydrogen-bond donors (Lipinski definition) is 2. The Morgan fingerprint density at radius 2 is 1.75 bits per heavy atom. The minimum absolute atomic E-state index is 0.537. The third kappa shape index (κ3) is 6.62. The second-order valence-electron chi connectivity index (χ2n) is 3.21. The number of hydrogen-bond acceptors (Lipinski definition) is 2. The predicted molar refractivity (Wildman–Crippen MR) is 55.3 cm³/mol. The summed E-state index contributed by atoms with van der Waals surface area (Å²) in [7, 11) is 0. The van der Waals surface area contributed by atoms with Crippen LogP contribution in [0.25, 0.3) is 0 Å². The number of rotatable bonds is 8. The highest BCUT2D eigenvalue weighted by Gasteiger charge is 2.03. The molecule has 0 aliphatic heterocycles. The lowest BCUT2D eigenvalue weighted by Gasteiger charge is -2.18. The van der Waals surface area contributed by atoms with E-state index in [1.54, 1.807) is 0 Å². The molecule has 0 rings (SSSR count). The van der Waals surface area contributed by atoms with Crippen LogP contribution in [0.15, 0.2) is 0 Å². The molecule has 0 aromatic heterocycles. The number of unbranched alkanes of at least 4 members (excludes halogenated alkanes) is 1. The van der Waals surface area contributed by atoms with Crippen molar-refractivity contribution in [1.82, 2.24) is 10.6 Å². The van der Waals surface area contributed by atoms with Crippen LogP contribution in [0.2, 0.25) is 0 Å². The van der Waals surface area contributed by atoms with Gasteiger partial charge in [0.2, 0.25) is 0 Å². The molecule has 1 atom stereocenters. The molecule has 0 heterocycles. The highest BCUT2D eigenvalue weighted by atomic mass is 15.1. The Balaban J connectivity index is 3.40. The first-order valence-corrected chi connectivity index (χ1v) is 5.31. The molecule has 2 nitrogen and oxygen atoms in total. The van der Waals surface area contributed by atoms with Crippen molar-refractivity contribution in [2.24, 2.45) is 0 Å². The van der Waals surface area contributed by atoms with Crippen LogP contribution in [-0.2, 0) is 0 Å². The van der Waals surface area contributed by atoms with Crippen LogP contribution >= 0.6 is 0 Å². The second-order valence-corrected chi connectivity index (χ2v) is 3.21. The van der Waals surface area contributed by atoms with Crippen LogP contribution in [0.4, 0.5) is 0 Å². The average Bonchev–Trinajstić information content (AvgIpc) is 2.10. The van der Waals surface area contributed by atoms with Gasteiger partial charge in [0.25, 0.3) is 0 Å². The van der Waals surface area contributed by atoms with Gasteiger partial charge in [0.05, 0.1) is 6.17 Å². The first kappa shape index (κ1) is 11.9. The summed E-state index contributed by atoms with van der Waals surface area (Å²) in [5, 5.41) is 6.94. The summed E-state index contributed by atoms with van der Waals surface area (Å²) in [4.78, 5) is 0. The quantitative estimate of drug-likeness (QED) is 0.548. The normalized spacial score (nSPS) is 13.2. The maximum atomic E-state index is 3.49. The molecular weight excluding hydrogens is 148 g/mol. The van der Waals surface area contributed by atoms with Crippen molar-refractivity contribution in [1.29, 1.82) is 0 Å². The fraction of sp³-hybridized carbons (Fsp3) is 1.00. The highest BCUT2D eigenvalue weighted by molar-refractivity contribution is 4.62. The van der Waals surface area contributed by atoms with Crippen LogP contribution in [-0.4, -0.2) is 19.3 Å². The fourth-order valence-electron chi connectivity index (χ4n) is 1.25. The molecule has 1 unspecified atom stereocenters. The van der Waals surface area contributed by atoms with Crippen LogP contribution in [0.5, 0.6) is 0 Å². The molecule has 0 aromatic carbocycles. The average molecular weight is 172 g/mol. The molecule has 0 bridgehead atoms. The van der Waals surface area contributed by atoms with Gasteiger partial charge in [-0.15, -0.1) is 0 Å². The van der Waals surface area contributed by atoms with Crippen LogP contribution in [0.3, 0.4) is 0 Å². The molecule has 0 aliphatic rings. The molecule has 0 fully saturated rings. The molecule has 0 aromatic rings. The van der Waals surface area contributed by atoms with Crippen molar-refractivity contribution < 1.29 is 0 Å². The summed E-state index contributed by atoms with van der Waals surface area (Å²) in [5.41, 5.74) is 0. The smallest absolute Gasteiger partial charge is 0.0571 e. The van der Waals surface area contributed by atoms with E-state index in [9.17, 15) is 0 Å². The number of nitrogens with one attached hydrogen (secondary N) is 2. The van der Waals surface area contributed by atoms with Gasteiger partial charge in [0.15, 0.2) is 0 Å². The SMILES string of the molecule is CCCCC(NCC)NCCC. The molecule has 12 heavy (non-hydrogen) atoms. The van der Waals surface area contributed by atoms with E-state index < -0.39 is 0 Å². The fourth-order valence-corrected chi connectivity index (χ4v) is 1.25. The van der Waals surface area contributed by atoms with Gasteiger partial charge < -0.3 is 10.6 Å². The highest BCUT2D eigenvalue weighted by Crippen LogP contribution is 1.97. The van der Waals surface area contributed by atoms with Crippen molar-refractivity contribution >= 4 is 0 Å². The van der Waals surface area contributed by atoms with Crippen molar-refractivity contribution in [3.8, 4) is 0 Å². The van der Waals surface area contributed by atoms with Gasteiger partial charge in [-0.1, -0.05) is 33.6 Å². The minimum atomic E-state index is 0.537. The Kier molecular flexibility index (Phi) is 8.95. The summed E-state index contributed by atoms with van der Waals surface area (Å²) >= 11 is 0. The van der Waals surface area contributed by atoms with Crippen molar-refractivity contribution in [2.75, 3.05) is 13.1 Å². The Hall–Kier alpha value is -0.0800. The first-order chi connectivity index (χ1) is 5.85. The zero-order valence-corrected chi connectivity index (χ0v) is 8.82. The van der Waals surface area contributed by atoms with Gasteiger partial charge in [-0.25, -0.2) is 0 Å². The van der Waals surface area contributed by atoms with E-state index in [2.05, 4.69) is 31.4 Å². The minimum Gasteiger partial charge on any atom is -0.302 e.